The number of alkyl halides is 3. The molecule has 172 valence electrons. The van der Waals surface area contributed by atoms with Gasteiger partial charge < -0.3 is 14.4 Å². The Morgan fingerprint density at radius 3 is 2.30 bits per heavy atom. The Labute approximate surface area is 192 Å². The van der Waals surface area contributed by atoms with Gasteiger partial charge in [0.25, 0.3) is 0 Å². The average molecular weight is 475 g/mol. The first-order chi connectivity index (χ1) is 15.9. The molecule has 0 N–H and O–H groups in total. The van der Waals surface area contributed by atoms with Crippen molar-refractivity contribution in [2.45, 2.75) is 29.3 Å². The van der Waals surface area contributed by atoms with E-state index in [0.717, 1.165) is 30.0 Å². The molecule has 1 aliphatic heterocycles. The quantitative estimate of drug-likeness (QED) is 0.448. The second kappa shape index (κ2) is 10.1. The van der Waals surface area contributed by atoms with Gasteiger partial charge in [-0.2, -0.15) is 13.2 Å². The Kier molecular flexibility index (Phi) is 7.02. The van der Waals surface area contributed by atoms with Crippen LogP contribution in [-0.4, -0.2) is 39.3 Å². The highest BCUT2D eigenvalue weighted by atomic mass is 32.2. The number of hydrogen-bond donors (Lipinski definition) is 0. The molecule has 1 aliphatic rings. The van der Waals surface area contributed by atoms with Crippen molar-refractivity contribution < 1.29 is 27.4 Å². The zero-order valence-electron chi connectivity index (χ0n) is 17.4. The van der Waals surface area contributed by atoms with Gasteiger partial charge in [0.05, 0.1) is 10.6 Å². The van der Waals surface area contributed by atoms with Gasteiger partial charge in [-0.3, -0.25) is 0 Å². The third-order valence-corrected chi connectivity index (χ3v) is 6.23. The topological polar surface area (TPSA) is 64.6 Å². The van der Waals surface area contributed by atoms with E-state index in [1.807, 2.05) is 18.2 Å². The zero-order chi connectivity index (χ0) is 23.3. The second-order valence-electron chi connectivity index (χ2n) is 7.30. The molecule has 0 saturated carbocycles. The van der Waals surface area contributed by atoms with Crippen molar-refractivity contribution in [3.05, 3.63) is 72.6 Å². The molecule has 0 aliphatic carbocycles. The number of halogens is 3. The molecule has 3 heterocycles. The van der Waals surface area contributed by atoms with Crippen LogP contribution in [-0.2, 0) is 6.18 Å². The first kappa shape index (κ1) is 22.9. The van der Waals surface area contributed by atoms with E-state index in [9.17, 15) is 18.0 Å². The minimum absolute atomic E-state index is 0.0270. The number of carbonyl (C=O) groups excluding carboxylic acids is 1. The number of nitrogens with zero attached hydrogens (tertiary/aromatic N) is 3. The van der Waals surface area contributed by atoms with E-state index in [-0.39, 0.29) is 5.88 Å². The van der Waals surface area contributed by atoms with Crippen LogP contribution in [0.3, 0.4) is 0 Å². The lowest BCUT2D eigenvalue weighted by molar-refractivity contribution is -0.137. The fraction of sp³-hybridized carbons (Fsp3) is 0.261. The summed E-state index contributed by atoms with van der Waals surface area (Å²) < 4.78 is 48.7. The van der Waals surface area contributed by atoms with Crippen LogP contribution in [0, 0.1) is 0 Å². The molecule has 2 aromatic heterocycles. The highest BCUT2D eigenvalue weighted by Crippen LogP contribution is 2.31. The highest BCUT2D eigenvalue weighted by molar-refractivity contribution is 7.99. The van der Waals surface area contributed by atoms with Crippen molar-refractivity contribution in [2.75, 3.05) is 13.1 Å². The van der Waals surface area contributed by atoms with Gasteiger partial charge in [-0.25, -0.2) is 14.8 Å². The van der Waals surface area contributed by atoms with Gasteiger partial charge in [-0.1, -0.05) is 6.07 Å². The molecule has 0 bridgehead atoms. The molecule has 10 heteroatoms. The highest BCUT2D eigenvalue weighted by Gasteiger charge is 2.30. The summed E-state index contributed by atoms with van der Waals surface area (Å²) in [5.41, 5.74) is -0.850. The molecule has 6 nitrogen and oxygen atoms in total. The van der Waals surface area contributed by atoms with Crippen LogP contribution in [0.15, 0.2) is 72.0 Å². The molecule has 1 aromatic carbocycles. The number of pyridine rings is 2. The zero-order valence-corrected chi connectivity index (χ0v) is 18.2. The van der Waals surface area contributed by atoms with Gasteiger partial charge in [0.1, 0.15) is 11.5 Å². The lowest BCUT2D eigenvalue weighted by atomic mass is 10.1. The summed E-state index contributed by atoms with van der Waals surface area (Å²) in [6.45, 7) is 1.20. The minimum Gasteiger partial charge on any atom is -0.439 e. The molecule has 0 spiro atoms. The summed E-state index contributed by atoms with van der Waals surface area (Å²) in [5, 5.41) is 1.38. The molecule has 3 aromatic rings. The van der Waals surface area contributed by atoms with Crippen molar-refractivity contribution in [1.29, 1.82) is 0 Å². The smallest absolute Gasteiger partial charge is 0.417 e. The van der Waals surface area contributed by atoms with Crippen LogP contribution in [0.25, 0.3) is 0 Å². The maximum atomic E-state index is 12.6. The predicted molar refractivity (Wildman–Crippen MR) is 116 cm³/mol. The van der Waals surface area contributed by atoms with E-state index in [1.54, 1.807) is 47.1 Å². The molecule has 1 amide bonds. The SMILES string of the molecule is O=C(Oc1ccc(Oc2ccc(C(F)(F)F)cn2)cc1)N1CCC(Sc2ccccn2)CC1. The van der Waals surface area contributed by atoms with Crippen LogP contribution < -0.4 is 9.47 Å². The van der Waals surface area contributed by atoms with Gasteiger partial charge >= 0.3 is 12.3 Å². The Morgan fingerprint density at radius 2 is 1.70 bits per heavy atom. The predicted octanol–water partition coefficient (Wildman–Crippen LogP) is 6.04. The first-order valence-corrected chi connectivity index (χ1v) is 11.1. The molecule has 1 fully saturated rings. The Balaban J connectivity index is 1.25. The molecule has 4 rings (SSSR count). The molecular formula is C23H20F3N3O3S. The largest absolute Gasteiger partial charge is 0.439 e. The number of carbonyl (C=O) groups is 1. The first-order valence-electron chi connectivity index (χ1n) is 10.2. The van der Waals surface area contributed by atoms with Gasteiger partial charge in [-0.15, -0.1) is 11.8 Å². The van der Waals surface area contributed by atoms with Gasteiger partial charge in [0, 0.05) is 36.8 Å². The second-order valence-corrected chi connectivity index (χ2v) is 8.62. The summed E-state index contributed by atoms with van der Waals surface area (Å²) >= 11 is 1.72. The van der Waals surface area contributed by atoms with E-state index in [1.165, 1.54) is 0 Å². The van der Waals surface area contributed by atoms with Crippen molar-refractivity contribution in [3.63, 3.8) is 0 Å². The van der Waals surface area contributed by atoms with E-state index in [2.05, 4.69) is 9.97 Å². The van der Waals surface area contributed by atoms with Gasteiger partial charge in [-0.05, 0) is 55.3 Å². The number of likely N-dealkylation sites (tertiary alicyclic amines) is 1. The number of aromatic nitrogens is 2. The summed E-state index contributed by atoms with van der Waals surface area (Å²) in [6, 6.07) is 14.1. The van der Waals surface area contributed by atoms with Crippen LogP contribution >= 0.6 is 11.8 Å². The van der Waals surface area contributed by atoms with Crippen molar-refractivity contribution in [3.8, 4) is 17.4 Å². The van der Waals surface area contributed by atoms with Crippen molar-refractivity contribution >= 4 is 17.9 Å². The normalized spacial score (nSPS) is 14.7. The fourth-order valence-corrected chi connectivity index (χ4v) is 4.28. The number of benzene rings is 1. The molecule has 0 radical (unpaired) electrons. The summed E-state index contributed by atoms with van der Waals surface area (Å²) in [6.07, 6.45) is -0.694. The van der Waals surface area contributed by atoms with E-state index < -0.39 is 17.8 Å². The number of hydrogen-bond acceptors (Lipinski definition) is 6. The third-order valence-electron chi connectivity index (χ3n) is 4.94. The lowest BCUT2D eigenvalue weighted by Crippen LogP contribution is -2.40. The van der Waals surface area contributed by atoms with Crippen LogP contribution in [0.1, 0.15) is 18.4 Å². The molecule has 0 atom stereocenters. The third kappa shape index (κ3) is 6.38. The minimum atomic E-state index is -4.45. The lowest BCUT2D eigenvalue weighted by Gasteiger charge is -2.30. The molecule has 33 heavy (non-hydrogen) atoms. The number of thioether (sulfide) groups is 1. The Morgan fingerprint density at radius 1 is 0.970 bits per heavy atom. The van der Waals surface area contributed by atoms with Gasteiger partial charge in [0.2, 0.25) is 5.88 Å². The van der Waals surface area contributed by atoms with Crippen LogP contribution in [0.2, 0.25) is 0 Å². The Bertz CT molecular complexity index is 1060. The number of rotatable bonds is 5. The fourth-order valence-electron chi connectivity index (χ4n) is 3.21. The number of ether oxygens (including phenoxy) is 2. The van der Waals surface area contributed by atoms with Crippen molar-refractivity contribution in [2.24, 2.45) is 0 Å². The monoisotopic (exact) mass is 475 g/mol. The molecule has 1 saturated heterocycles. The Hall–Kier alpha value is -3.27. The van der Waals surface area contributed by atoms with Crippen molar-refractivity contribution in [1.82, 2.24) is 14.9 Å². The van der Waals surface area contributed by atoms with Crippen LogP contribution in [0.5, 0.6) is 17.4 Å². The van der Waals surface area contributed by atoms with Gasteiger partial charge in [0.15, 0.2) is 0 Å². The maximum absolute atomic E-state index is 12.6. The summed E-state index contributed by atoms with van der Waals surface area (Å²) in [7, 11) is 0. The summed E-state index contributed by atoms with van der Waals surface area (Å²) in [4.78, 5) is 22.1. The maximum Gasteiger partial charge on any atom is 0.417 e. The molecular weight excluding hydrogens is 455 g/mol. The average Bonchev–Trinajstić information content (AvgIpc) is 2.81. The standard InChI is InChI=1S/C23H20F3N3O3S/c24-23(25,26)16-4-9-20(28-15-16)31-17-5-7-18(8-6-17)32-22(30)29-13-10-19(11-14-29)33-21-3-1-2-12-27-21/h1-9,12,15,19H,10-11,13-14H2. The van der Waals surface area contributed by atoms with Crippen LogP contribution in [0.4, 0.5) is 18.0 Å². The van der Waals surface area contributed by atoms with E-state index in [4.69, 9.17) is 9.47 Å². The number of amides is 1. The number of piperidine rings is 1. The molecule has 0 unspecified atom stereocenters. The summed E-state index contributed by atoms with van der Waals surface area (Å²) in [5.74, 6) is 0.728. The van der Waals surface area contributed by atoms with E-state index >= 15 is 0 Å². The van der Waals surface area contributed by atoms with E-state index in [0.29, 0.717) is 36.0 Å².